The number of anilines is 1. The SMILES string of the molecule is Cc1ccccc1OCC(=O)Nc1ccc(S(=O)(=O)N2CC(C)OC(C)C2)cc1. The van der Waals surface area contributed by atoms with Crippen LogP contribution in [0.2, 0.25) is 0 Å². The van der Waals surface area contributed by atoms with Crippen LogP contribution in [0.5, 0.6) is 5.75 Å². The van der Waals surface area contributed by atoms with Crippen LogP contribution < -0.4 is 10.1 Å². The lowest BCUT2D eigenvalue weighted by molar-refractivity contribution is -0.118. The molecular weight excluding hydrogens is 392 g/mol. The van der Waals surface area contributed by atoms with Crippen molar-refractivity contribution in [1.29, 1.82) is 0 Å². The van der Waals surface area contributed by atoms with Gasteiger partial charge in [0.25, 0.3) is 5.91 Å². The molecule has 29 heavy (non-hydrogen) atoms. The van der Waals surface area contributed by atoms with Crippen LogP contribution in [-0.4, -0.2) is 50.5 Å². The molecule has 8 heteroatoms. The number of nitrogens with zero attached hydrogens (tertiary/aromatic N) is 1. The number of hydrogen-bond donors (Lipinski definition) is 1. The maximum Gasteiger partial charge on any atom is 0.262 e. The number of carbonyl (C=O) groups is 1. The van der Waals surface area contributed by atoms with E-state index in [-0.39, 0.29) is 29.6 Å². The molecule has 0 bridgehead atoms. The zero-order chi connectivity index (χ0) is 21.0. The first-order valence-electron chi connectivity index (χ1n) is 9.49. The smallest absolute Gasteiger partial charge is 0.262 e. The highest BCUT2D eigenvalue weighted by Gasteiger charge is 2.32. The van der Waals surface area contributed by atoms with Crippen molar-refractivity contribution in [2.75, 3.05) is 25.0 Å². The molecule has 0 aliphatic carbocycles. The van der Waals surface area contributed by atoms with Crippen LogP contribution in [0.1, 0.15) is 19.4 Å². The number of sulfonamides is 1. The molecule has 1 heterocycles. The topological polar surface area (TPSA) is 84.9 Å². The van der Waals surface area contributed by atoms with E-state index in [4.69, 9.17) is 9.47 Å². The van der Waals surface area contributed by atoms with Gasteiger partial charge in [0.2, 0.25) is 10.0 Å². The Morgan fingerprint density at radius 1 is 1.10 bits per heavy atom. The first-order chi connectivity index (χ1) is 13.8. The minimum absolute atomic E-state index is 0.130. The summed E-state index contributed by atoms with van der Waals surface area (Å²) in [7, 11) is -3.61. The molecule has 156 valence electrons. The number of nitrogens with one attached hydrogen (secondary N) is 1. The van der Waals surface area contributed by atoms with Crippen LogP contribution in [0.15, 0.2) is 53.4 Å². The van der Waals surface area contributed by atoms with Crippen molar-refractivity contribution in [3.63, 3.8) is 0 Å². The highest BCUT2D eigenvalue weighted by atomic mass is 32.2. The fraction of sp³-hybridized carbons (Fsp3) is 0.381. The van der Waals surface area contributed by atoms with Gasteiger partial charge in [-0.15, -0.1) is 0 Å². The van der Waals surface area contributed by atoms with Crippen molar-refractivity contribution in [3.05, 3.63) is 54.1 Å². The number of rotatable bonds is 6. The number of carbonyl (C=O) groups excluding carboxylic acids is 1. The molecular formula is C21H26N2O5S. The van der Waals surface area contributed by atoms with Crippen LogP contribution in [-0.2, 0) is 19.6 Å². The van der Waals surface area contributed by atoms with Crippen molar-refractivity contribution >= 4 is 21.6 Å². The molecule has 0 saturated carbocycles. The van der Waals surface area contributed by atoms with E-state index >= 15 is 0 Å². The van der Waals surface area contributed by atoms with Crippen molar-refractivity contribution in [3.8, 4) is 5.75 Å². The lowest BCUT2D eigenvalue weighted by Crippen LogP contribution is -2.48. The number of para-hydroxylation sites is 1. The third kappa shape index (κ3) is 5.35. The summed E-state index contributed by atoms with van der Waals surface area (Å²) in [5.74, 6) is 0.331. The van der Waals surface area contributed by atoms with Crippen molar-refractivity contribution in [1.82, 2.24) is 4.31 Å². The molecule has 2 unspecified atom stereocenters. The summed E-state index contributed by atoms with van der Waals surface area (Å²) < 4.78 is 38.3. The molecule has 1 N–H and O–H groups in total. The Labute approximate surface area is 171 Å². The van der Waals surface area contributed by atoms with Gasteiger partial charge in [-0.05, 0) is 56.7 Å². The summed E-state index contributed by atoms with van der Waals surface area (Å²) in [6, 6.07) is 13.6. The monoisotopic (exact) mass is 418 g/mol. The summed E-state index contributed by atoms with van der Waals surface area (Å²) >= 11 is 0. The first kappa shape index (κ1) is 21.3. The fourth-order valence-corrected chi connectivity index (χ4v) is 4.84. The Hall–Kier alpha value is -2.42. The second-order valence-corrected chi connectivity index (χ2v) is 9.14. The summed E-state index contributed by atoms with van der Waals surface area (Å²) in [5, 5.41) is 2.71. The fourth-order valence-electron chi connectivity index (χ4n) is 3.25. The second-order valence-electron chi connectivity index (χ2n) is 7.21. The average Bonchev–Trinajstić information content (AvgIpc) is 2.67. The summed E-state index contributed by atoms with van der Waals surface area (Å²) in [4.78, 5) is 12.3. The predicted octanol–water partition coefficient (Wildman–Crippen LogP) is 2.81. The molecule has 7 nitrogen and oxygen atoms in total. The Kier molecular flexibility index (Phi) is 6.56. The quantitative estimate of drug-likeness (QED) is 0.780. The van der Waals surface area contributed by atoms with Crippen LogP contribution in [0.25, 0.3) is 0 Å². The molecule has 2 aromatic carbocycles. The minimum atomic E-state index is -3.61. The number of morpholine rings is 1. The summed E-state index contributed by atoms with van der Waals surface area (Å²) in [5.41, 5.74) is 1.45. The van der Waals surface area contributed by atoms with Gasteiger partial charge in [0.05, 0.1) is 17.1 Å². The van der Waals surface area contributed by atoms with E-state index in [9.17, 15) is 13.2 Å². The molecule has 2 aromatic rings. The van der Waals surface area contributed by atoms with Gasteiger partial charge < -0.3 is 14.8 Å². The predicted molar refractivity (Wildman–Crippen MR) is 111 cm³/mol. The molecule has 1 saturated heterocycles. The van der Waals surface area contributed by atoms with E-state index in [0.717, 1.165) is 5.56 Å². The standard InChI is InChI=1S/C21H26N2O5S/c1-15-6-4-5-7-20(15)27-14-21(24)22-18-8-10-19(11-9-18)29(25,26)23-12-16(2)28-17(3)13-23/h4-11,16-17H,12-14H2,1-3H3,(H,22,24). The van der Waals surface area contributed by atoms with Gasteiger partial charge in [-0.25, -0.2) is 8.42 Å². The lowest BCUT2D eigenvalue weighted by atomic mass is 10.2. The minimum Gasteiger partial charge on any atom is -0.483 e. The zero-order valence-corrected chi connectivity index (χ0v) is 17.6. The summed E-state index contributed by atoms with van der Waals surface area (Å²) in [6.07, 6.45) is -0.305. The van der Waals surface area contributed by atoms with E-state index < -0.39 is 10.0 Å². The number of hydrogen-bond acceptors (Lipinski definition) is 5. The Bertz CT molecular complexity index is 949. The van der Waals surface area contributed by atoms with Crippen LogP contribution in [0.4, 0.5) is 5.69 Å². The van der Waals surface area contributed by atoms with Gasteiger partial charge >= 0.3 is 0 Å². The molecule has 2 atom stereocenters. The number of ether oxygens (including phenoxy) is 2. The van der Waals surface area contributed by atoms with E-state index in [1.807, 2.05) is 39.0 Å². The van der Waals surface area contributed by atoms with Crippen molar-refractivity contribution in [2.45, 2.75) is 37.9 Å². The van der Waals surface area contributed by atoms with Gasteiger partial charge in [0.15, 0.2) is 6.61 Å². The Morgan fingerprint density at radius 2 is 1.72 bits per heavy atom. The molecule has 1 aliphatic rings. The molecule has 0 radical (unpaired) electrons. The van der Waals surface area contributed by atoms with Gasteiger partial charge in [0.1, 0.15) is 5.75 Å². The Balaban J connectivity index is 1.61. The van der Waals surface area contributed by atoms with Gasteiger partial charge in [0, 0.05) is 18.8 Å². The maximum absolute atomic E-state index is 12.9. The molecule has 3 rings (SSSR count). The van der Waals surface area contributed by atoms with E-state index in [1.165, 1.54) is 16.4 Å². The third-order valence-electron chi connectivity index (χ3n) is 4.61. The molecule has 1 aliphatic heterocycles. The Morgan fingerprint density at radius 3 is 2.34 bits per heavy atom. The van der Waals surface area contributed by atoms with Crippen LogP contribution in [0.3, 0.4) is 0 Å². The molecule has 0 spiro atoms. The van der Waals surface area contributed by atoms with Gasteiger partial charge in [-0.3, -0.25) is 4.79 Å². The largest absolute Gasteiger partial charge is 0.483 e. The molecule has 1 fully saturated rings. The van der Waals surface area contributed by atoms with E-state index in [0.29, 0.717) is 24.5 Å². The maximum atomic E-state index is 12.9. The van der Waals surface area contributed by atoms with E-state index in [2.05, 4.69) is 5.32 Å². The van der Waals surface area contributed by atoms with E-state index in [1.54, 1.807) is 18.2 Å². The van der Waals surface area contributed by atoms with Crippen LogP contribution >= 0.6 is 0 Å². The first-order valence-corrected chi connectivity index (χ1v) is 10.9. The summed E-state index contributed by atoms with van der Waals surface area (Å²) in [6.45, 7) is 6.13. The van der Waals surface area contributed by atoms with Crippen molar-refractivity contribution < 1.29 is 22.7 Å². The lowest BCUT2D eigenvalue weighted by Gasteiger charge is -2.34. The highest BCUT2D eigenvalue weighted by Crippen LogP contribution is 2.22. The van der Waals surface area contributed by atoms with Gasteiger partial charge in [-0.2, -0.15) is 4.31 Å². The average molecular weight is 419 g/mol. The number of amides is 1. The third-order valence-corrected chi connectivity index (χ3v) is 6.46. The normalized spacial score (nSPS) is 20.2. The number of aryl methyl sites for hydroxylation is 1. The number of benzene rings is 2. The highest BCUT2D eigenvalue weighted by molar-refractivity contribution is 7.89. The molecule has 1 amide bonds. The van der Waals surface area contributed by atoms with Gasteiger partial charge in [-0.1, -0.05) is 18.2 Å². The second kappa shape index (κ2) is 8.94. The zero-order valence-electron chi connectivity index (χ0n) is 16.8. The molecule has 0 aromatic heterocycles. The van der Waals surface area contributed by atoms with Crippen molar-refractivity contribution in [2.24, 2.45) is 0 Å². The van der Waals surface area contributed by atoms with Crippen LogP contribution in [0, 0.1) is 6.92 Å².